The fraction of sp³-hybridized carbons (Fsp3) is 0.333. The molecule has 0 aliphatic carbocycles. The van der Waals surface area contributed by atoms with Crippen LogP contribution in [0.2, 0.25) is 0 Å². The van der Waals surface area contributed by atoms with Gasteiger partial charge in [0, 0.05) is 37.6 Å². The van der Waals surface area contributed by atoms with Crippen LogP contribution in [0.5, 0.6) is 0 Å². The molecule has 1 aliphatic heterocycles. The molecule has 23 heavy (non-hydrogen) atoms. The highest BCUT2D eigenvalue weighted by atomic mass is 19.1. The molecule has 1 fully saturated rings. The molecule has 0 N–H and O–H groups in total. The average molecular weight is 311 g/mol. The van der Waals surface area contributed by atoms with Gasteiger partial charge in [0.1, 0.15) is 5.82 Å². The van der Waals surface area contributed by atoms with E-state index in [1.807, 2.05) is 12.1 Å². The fourth-order valence-corrected chi connectivity index (χ4v) is 2.78. The standard InChI is InChI=1S/C18H18FN3O/c19-18-2-1-15(10-20)9-16(18)11-22-8-5-17(12-22)23-13-14-3-6-21-7-4-14/h1-4,6-7,9,17H,5,8,11-13H2. The summed E-state index contributed by atoms with van der Waals surface area (Å²) in [6, 6.07) is 10.4. The van der Waals surface area contributed by atoms with Crippen molar-refractivity contribution in [1.82, 2.24) is 9.88 Å². The molecule has 1 aromatic heterocycles. The molecule has 0 spiro atoms. The van der Waals surface area contributed by atoms with Crippen LogP contribution in [0.25, 0.3) is 0 Å². The highest BCUT2D eigenvalue weighted by Gasteiger charge is 2.23. The number of hydrogen-bond acceptors (Lipinski definition) is 4. The Morgan fingerprint density at radius 1 is 1.30 bits per heavy atom. The molecule has 1 aromatic carbocycles. The fourth-order valence-electron chi connectivity index (χ4n) is 2.78. The van der Waals surface area contributed by atoms with Gasteiger partial charge in [0.15, 0.2) is 0 Å². The zero-order valence-corrected chi connectivity index (χ0v) is 12.8. The number of ether oxygens (including phenoxy) is 1. The lowest BCUT2D eigenvalue weighted by molar-refractivity contribution is 0.0460. The van der Waals surface area contributed by atoms with Gasteiger partial charge < -0.3 is 4.74 Å². The van der Waals surface area contributed by atoms with Crippen LogP contribution in [0.4, 0.5) is 4.39 Å². The Kier molecular flexibility index (Phi) is 4.96. The second-order valence-electron chi connectivity index (χ2n) is 5.73. The molecule has 0 bridgehead atoms. The molecule has 1 saturated heterocycles. The SMILES string of the molecule is N#Cc1ccc(F)c(CN2CCC(OCc3ccncc3)C2)c1. The Labute approximate surface area is 135 Å². The van der Waals surface area contributed by atoms with E-state index in [0.29, 0.717) is 24.3 Å². The summed E-state index contributed by atoms with van der Waals surface area (Å²) in [5.74, 6) is -0.259. The number of benzene rings is 1. The van der Waals surface area contributed by atoms with Crippen molar-refractivity contribution in [3.05, 3.63) is 65.2 Å². The van der Waals surface area contributed by atoms with Crippen LogP contribution in [0.15, 0.2) is 42.7 Å². The molecule has 5 heteroatoms. The minimum Gasteiger partial charge on any atom is -0.372 e. The highest BCUT2D eigenvalue weighted by Crippen LogP contribution is 2.19. The number of nitrogens with zero attached hydrogens (tertiary/aromatic N) is 3. The lowest BCUT2D eigenvalue weighted by atomic mass is 10.1. The molecule has 4 nitrogen and oxygen atoms in total. The number of likely N-dealkylation sites (tertiary alicyclic amines) is 1. The van der Waals surface area contributed by atoms with Crippen LogP contribution >= 0.6 is 0 Å². The van der Waals surface area contributed by atoms with E-state index >= 15 is 0 Å². The van der Waals surface area contributed by atoms with Crippen molar-refractivity contribution >= 4 is 0 Å². The zero-order valence-electron chi connectivity index (χ0n) is 12.8. The maximum absolute atomic E-state index is 13.9. The number of hydrogen-bond donors (Lipinski definition) is 0. The summed E-state index contributed by atoms with van der Waals surface area (Å²) in [7, 11) is 0. The predicted molar refractivity (Wildman–Crippen MR) is 83.8 cm³/mol. The van der Waals surface area contributed by atoms with Crippen molar-refractivity contribution in [1.29, 1.82) is 5.26 Å². The number of rotatable bonds is 5. The van der Waals surface area contributed by atoms with E-state index in [1.165, 1.54) is 12.1 Å². The van der Waals surface area contributed by atoms with Crippen molar-refractivity contribution in [3.8, 4) is 6.07 Å². The Balaban J connectivity index is 1.53. The van der Waals surface area contributed by atoms with Crippen molar-refractivity contribution < 1.29 is 9.13 Å². The first kappa shape index (κ1) is 15.6. The van der Waals surface area contributed by atoms with Crippen molar-refractivity contribution in [2.24, 2.45) is 0 Å². The summed E-state index contributed by atoms with van der Waals surface area (Å²) in [5.41, 5.74) is 2.16. The van der Waals surface area contributed by atoms with Gasteiger partial charge in [0.05, 0.1) is 24.3 Å². The summed E-state index contributed by atoms with van der Waals surface area (Å²) < 4.78 is 19.8. The molecular formula is C18H18FN3O. The van der Waals surface area contributed by atoms with Gasteiger partial charge in [-0.25, -0.2) is 4.39 Å². The summed E-state index contributed by atoms with van der Waals surface area (Å²) >= 11 is 0. The van der Waals surface area contributed by atoms with Crippen molar-refractivity contribution in [2.45, 2.75) is 25.7 Å². The lowest BCUT2D eigenvalue weighted by Crippen LogP contribution is -2.23. The van der Waals surface area contributed by atoms with Crippen molar-refractivity contribution in [3.63, 3.8) is 0 Å². The molecule has 3 rings (SSSR count). The van der Waals surface area contributed by atoms with Crippen LogP contribution in [-0.2, 0) is 17.9 Å². The van der Waals surface area contributed by atoms with Crippen LogP contribution < -0.4 is 0 Å². The first-order chi connectivity index (χ1) is 11.2. The van der Waals surface area contributed by atoms with E-state index in [0.717, 1.165) is 25.1 Å². The molecule has 0 radical (unpaired) electrons. The van der Waals surface area contributed by atoms with E-state index in [1.54, 1.807) is 18.5 Å². The molecule has 2 heterocycles. The number of aromatic nitrogens is 1. The Morgan fingerprint density at radius 2 is 2.13 bits per heavy atom. The molecule has 118 valence electrons. The number of nitriles is 1. The minimum atomic E-state index is -0.259. The van der Waals surface area contributed by atoms with Gasteiger partial charge in [0.25, 0.3) is 0 Å². The number of pyridine rings is 1. The third-order valence-electron chi connectivity index (χ3n) is 4.03. The monoisotopic (exact) mass is 311 g/mol. The van der Waals surface area contributed by atoms with Gasteiger partial charge >= 0.3 is 0 Å². The van der Waals surface area contributed by atoms with Gasteiger partial charge in [-0.1, -0.05) is 0 Å². The van der Waals surface area contributed by atoms with E-state index in [9.17, 15) is 4.39 Å². The van der Waals surface area contributed by atoms with Crippen LogP contribution in [0.1, 0.15) is 23.1 Å². The molecule has 0 amide bonds. The first-order valence-corrected chi connectivity index (χ1v) is 7.66. The Morgan fingerprint density at radius 3 is 2.91 bits per heavy atom. The van der Waals surface area contributed by atoms with Gasteiger partial charge in [-0.15, -0.1) is 0 Å². The maximum Gasteiger partial charge on any atom is 0.127 e. The summed E-state index contributed by atoms with van der Waals surface area (Å²) in [6.07, 6.45) is 4.60. The summed E-state index contributed by atoms with van der Waals surface area (Å²) in [6.45, 7) is 2.73. The summed E-state index contributed by atoms with van der Waals surface area (Å²) in [5, 5.41) is 8.92. The van der Waals surface area contributed by atoms with E-state index in [-0.39, 0.29) is 11.9 Å². The van der Waals surface area contributed by atoms with E-state index in [2.05, 4.69) is 16.0 Å². The van der Waals surface area contributed by atoms with Crippen LogP contribution in [-0.4, -0.2) is 29.1 Å². The average Bonchev–Trinajstić information content (AvgIpc) is 3.03. The Bertz CT molecular complexity index is 699. The molecule has 1 unspecified atom stereocenters. The molecule has 1 aliphatic rings. The molecular weight excluding hydrogens is 293 g/mol. The smallest absolute Gasteiger partial charge is 0.127 e. The molecule has 1 atom stereocenters. The van der Waals surface area contributed by atoms with Crippen LogP contribution in [0.3, 0.4) is 0 Å². The third kappa shape index (κ3) is 4.13. The lowest BCUT2D eigenvalue weighted by Gasteiger charge is -2.17. The maximum atomic E-state index is 13.9. The van der Waals surface area contributed by atoms with Crippen LogP contribution in [0, 0.1) is 17.1 Å². The number of halogens is 1. The molecule has 0 saturated carbocycles. The third-order valence-corrected chi connectivity index (χ3v) is 4.03. The summed E-state index contributed by atoms with van der Waals surface area (Å²) in [4.78, 5) is 6.15. The van der Waals surface area contributed by atoms with Gasteiger partial charge in [-0.2, -0.15) is 5.26 Å². The largest absolute Gasteiger partial charge is 0.372 e. The second kappa shape index (κ2) is 7.32. The normalized spacial score (nSPS) is 18.0. The van der Waals surface area contributed by atoms with Gasteiger partial charge in [0.2, 0.25) is 0 Å². The minimum absolute atomic E-state index is 0.158. The highest BCUT2D eigenvalue weighted by molar-refractivity contribution is 5.33. The predicted octanol–water partition coefficient (Wildman–Crippen LogP) is 2.88. The van der Waals surface area contributed by atoms with E-state index < -0.39 is 0 Å². The van der Waals surface area contributed by atoms with Gasteiger partial charge in [-0.05, 0) is 42.3 Å². The Hall–Kier alpha value is -2.29. The second-order valence-corrected chi connectivity index (χ2v) is 5.73. The van der Waals surface area contributed by atoms with Crippen molar-refractivity contribution in [2.75, 3.05) is 13.1 Å². The van der Waals surface area contributed by atoms with E-state index in [4.69, 9.17) is 10.00 Å². The zero-order chi connectivity index (χ0) is 16.1. The topological polar surface area (TPSA) is 49.2 Å². The first-order valence-electron chi connectivity index (χ1n) is 7.66. The quantitative estimate of drug-likeness (QED) is 0.852. The van der Waals surface area contributed by atoms with Gasteiger partial charge in [-0.3, -0.25) is 9.88 Å². The molecule has 2 aromatic rings.